The highest BCUT2D eigenvalue weighted by atomic mass is 16.7. The predicted molar refractivity (Wildman–Crippen MR) is 120 cm³/mol. The summed E-state index contributed by atoms with van der Waals surface area (Å²) in [6.45, 7) is 12.2. The Hall–Kier alpha value is -3.00. The minimum atomic E-state index is -0.808. The summed E-state index contributed by atoms with van der Waals surface area (Å²) in [7, 11) is 0. The number of pyridine rings is 1. The number of hydrogen-bond acceptors (Lipinski definition) is 8. The highest BCUT2D eigenvalue weighted by Crippen LogP contribution is 2.41. The number of aromatic nitrogens is 1. The van der Waals surface area contributed by atoms with Gasteiger partial charge in [0, 0.05) is 22.7 Å². The summed E-state index contributed by atoms with van der Waals surface area (Å²) in [5.41, 5.74) is 4.09. The van der Waals surface area contributed by atoms with Gasteiger partial charge in [-0.15, -0.1) is 4.91 Å². The van der Waals surface area contributed by atoms with Gasteiger partial charge in [0.1, 0.15) is 12.7 Å². The third-order valence-corrected chi connectivity index (χ3v) is 5.10. The van der Waals surface area contributed by atoms with Gasteiger partial charge in [-0.05, 0) is 25.8 Å². The van der Waals surface area contributed by atoms with E-state index in [-0.39, 0.29) is 24.7 Å². The molecule has 32 heavy (non-hydrogen) atoms. The van der Waals surface area contributed by atoms with Gasteiger partial charge in [-0.1, -0.05) is 57.5 Å². The highest BCUT2D eigenvalue weighted by Gasteiger charge is 2.30. The SMILES string of the molecule is CC.Cc1ccc([C@@H]2OCc3c2cnc(C)c3OC(=O)OCCC(C)(C)CON=O)cc1. The van der Waals surface area contributed by atoms with Gasteiger partial charge in [0.15, 0.2) is 11.1 Å². The molecule has 0 amide bonds. The van der Waals surface area contributed by atoms with Crippen LogP contribution in [0.2, 0.25) is 0 Å². The maximum atomic E-state index is 12.2. The van der Waals surface area contributed by atoms with Crippen LogP contribution in [0.1, 0.15) is 68.2 Å². The lowest BCUT2D eigenvalue weighted by atomic mass is 9.91. The van der Waals surface area contributed by atoms with E-state index in [0.29, 0.717) is 24.5 Å². The summed E-state index contributed by atoms with van der Waals surface area (Å²) in [5, 5.41) is 2.39. The standard InChI is InChI=1S/C22H26N2O6.C2H6/c1-14-5-7-16(8-6-14)20-17-11-23-15(2)19(18(17)12-28-20)30-21(25)27-10-9-22(3,4)13-29-24-26;1-2/h5-8,11,20H,9-10,12-13H2,1-4H3;1-2H3/t20-;/m0./s1. The van der Waals surface area contributed by atoms with Crippen LogP contribution in [-0.2, 0) is 20.9 Å². The number of ether oxygens (including phenoxy) is 3. The molecule has 0 aliphatic carbocycles. The summed E-state index contributed by atoms with van der Waals surface area (Å²) in [6, 6.07) is 8.11. The van der Waals surface area contributed by atoms with Crippen molar-refractivity contribution in [2.75, 3.05) is 13.2 Å². The van der Waals surface area contributed by atoms with Crippen molar-refractivity contribution in [2.24, 2.45) is 10.8 Å². The van der Waals surface area contributed by atoms with Gasteiger partial charge in [0.05, 0.1) is 18.9 Å². The number of rotatable bonds is 8. The Morgan fingerprint density at radius 2 is 1.91 bits per heavy atom. The zero-order valence-corrected chi connectivity index (χ0v) is 19.6. The van der Waals surface area contributed by atoms with Gasteiger partial charge in [-0.25, -0.2) is 4.79 Å². The van der Waals surface area contributed by atoms with Crippen molar-refractivity contribution in [1.29, 1.82) is 0 Å². The molecule has 0 fully saturated rings. The molecule has 1 aliphatic rings. The molecule has 1 aromatic heterocycles. The molecule has 3 rings (SSSR count). The fraction of sp³-hybridized carbons (Fsp3) is 0.500. The molecule has 0 unspecified atom stereocenters. The molecule has 0 N–H and O–H groups in total. The van der Waals surface area contributed by atoms with Crippen molar-refractivity contribution < 1.29 is 23.8 Å². The van der Waals surface area contributed by atoms with Gasteiger partial charge in [-0.2, -0.15) is 0 Å². The Morgan fingerprint density at radius 1 is 1.22 bits per heavy atom. The number of aryl methyl sites for hydroxylation is 2. The molecule has 174 valence electrons. The molecule has 2 aromatic rings. The number of carbonyl (C=O) groups is 1. The summed E-state index contributed by atoms with van der Waals surface area (Å²) >= 11 is 0. The van der Waals surface area contributed by atoms with Crippen molar-refractivity contribution in [1.82, 2.24) is 4.98 Å². The largest absolute Gasteiger partial charge is 0.513 e. The lowest BCUT2D eigenvalue weighted by Gasteiger charge is -2.21. The minimum Gasteiger partial charge on any atom is -0.434 e. The minimum absolute atomic E-state index is 0.123. The maximum absolute atomic E-state index is 12.2. The first-order valence-corrected chi connectivity index (χ1v) is 10.8. The lowest BCUT2D eigenvalue weighted by Crippen LogP contribution is -2.22. The van der Waals surface area contributed by atoms with Crippen LogP contribution in [0, 0.1) is 24.2 Å². The van der Waals surface area contributed by atoms with Gasteiger partial charge in [0.25, 0.3) is 0 Å². The number of carbonyl (C=O) groups excluding carboxylic acids is 1. The maximum Gasteiger partial charge on any atom is 0.513 e. The van der Waals surface area contributed by atoms with E-state index in [1.54, 1.807) is 13.1 Å². The Kier molecular flexibility index (Phi) is 9.13. The fourth-order valence-corrected chi connectivity index (χ4v) is 3.23. The second-order valence-electron chi connectivity index (χ2n) is 8.17. The van der Waals surface area contributed by atoms with Crippen LogP contribution in [0.15, 0.2) is 35.8 Å². The first kappa shape index (κ1) is 25.3. The molecule has 1 aliphatic heterocycles. The highest BCUT2D eigenvalue weighted by molar-refractivity contribution is 5.66. The third kappa shape index (κ3) is 6.50. The molecule has 0 saturated carbocycles. The Labute approximate surface area is 189 Å². The molecule has 2 heterocycles. The summed E-state index contributed by atoms with van der Waals surface area (Å²) in [5.74, 6) is 0.375. The first-order chi connectivity index (χ1) is 15.3. The monoisotopic (exact) mass is 444 g/mol. The van der Waals surface area contributed by atoms with E-state index in [0.717, 1.165) is 16.7 Å². The van der Waals surface area contributed by atoms with Crippen LogP contribution >= 0.6 is 0 Å². The van der Waals surface area contributed by atoms with Crippen molar-refractivity contribution in [3.63, 3.8) is 0 Å². The molecular formula is C24H32N2O6. The zero-order chi connectivity index (χ0) is 23.7. The van der Waals surface area contributed by atoms with E-state index in [1.165, 1.54) is 5.56 Å². The van der Waals surface area contributed by atoms with E-state index >= 15 is 0 Å². The van der Waals surface area contributed by atoms with Gasteiger partial charge in [0.2, 0.25) is 0 Å². The third-order valence-electron chi connectivity index (χ3n) is 5.10. The van der Waals surface area contributed by atoms with E-state index in [2.05, 4.69) is 15.2 Å². The molecule has 0 saturated heterocycles. The van der Waals surface area contributed by atoms with Crippen LogP contribution in [0.5, 0.6) is 5.75 Å². The quantitative estimate of drug-likeness (QED) is 0.281. The fourth-order valence-electron chi connectivity index (χ4n) is 3.23. The second kappa shape index (κ2) is 11.6. The molecule has 0 spiro atoms. The van der Waals surface area contributed by atoms with Crippen LogP contribution in [0.4, 0.5) is 4.79 Å². The summed E-state index contributed by atoms with van der Waals surface area (Å²) < 4.78 is 16.7. The van der Waals surface area contributed by atoms with E-state index in [4.69, 9.17) is 14.2 Å². The van der Waals surface area contributed by atoms with Crippen molar-refractivity contribution in [3.05, 3.63) is 63.3 Å². The van der Waals surface area contributed by atoms with Crippen LogP contribution in [0.25, 0.3) is 0 Å². The number of fused-ring (bicyclic) bond motifs is 1. The molecular weight excluding hydrogens is 412 g/mol. The number of nitrogens with zero attached hydrogens (tertiary/aromatic N) is 2. The summed E-state index contributed by atoms with van der Waals surface area (Å²) in [4.78, 5) is 31.3. The molecule has 0 bridgehead atoms. The van der Waals surface area contributed by atoms with Crippen molar-refractivity contribution >= 4 is 6.16 Å². The smallest absolute Gasteiger partial charge is 0.434 e. The average Bonchev–Trinajstić information content (AvgIpc) is 3.20. The topological polar surface area (TPSA) is 96.3 Å². The molecule has 0 radical (unpaired) electrons. The molecule has 8 nitrogen and oxygen atoms in total. The Balaban J connectivity index is 0.00000176. The molecule has 1 atom stereocenters. The number of hydrogen-bond donors (Lipinski definition) is 0. The summed E-state index contributed by atoms with van der Waals surface area (Å²) in [6.07, 6.45) is 1.20. The van der Waals surface area contributed by atoms with E-state index in [9.17, 15) is 9.70 Å². The lowest BCUT2D eigenvalue weighted by molar-refractivity contribution is 0.0378. The van der Waals surface area contributed by atoms with Crippen LogP contribution < -0.4 is 4.74 Å². The zero-order valence-electron chi connectivity index (χ0n) is 19.6. The van der Waals surface area contributed by atoms with E-state index in [1.807, 2.05) is 58.9 Å². The molecule has 8 heteroatoms. The van der Waals surface area contributed by atoms with Gasteiger partial charge >= 0.3 is 6.16 Å². The van der Waals surface area contributed by atoms with Crippen LogP contribution in [0.3, 0.4) is 0 Å². The average molecular weight is 445 g/mol. The Morgan fingerprint density at radius 3 is 2.56 bits per heavy atom. The molecule has 1 aromatic carbocycles. The van der Waals surface area contributed by atoms with Gasteiger partial charge < -0.3 is 19.0 Å². The van der Waals surface area contributed by atoms with E-state index < -0.39 is 6.16 Å². The van der Waals surface area contributed by atoms with Crippen molar-refractivity contribution in [2.45, 2.75) is 60.7 Å². The van der Waals surface area contributed by atoms with Crippen molar-refractivity contribution in [3.8, 4) is 5.75 Å². The second-order valence-corrected chi connectivity index (χ2v) is 8.17. The first-order valence-electron chi connectivity index (χ1n) is 10.8. The number of benzene rings is 1. The van der Waals surface area contributed by atoms with Gasteiger partial charge in [-0.3, -0.25) is 4.98 Å². The Bertz CT molecular complexity index is 911. The predicted octanol–water partition coefficient (Wildman–Crippen LogP) is 5.97. The van der Waals surface area contributed by atoms with Crippen LogP contribution in [-0.4, -0.2) is 24.4 Å². The normalized spacial score (nSPS) is 14.6.